The number of urea groups is 1. The fourth-order valence-electron chi connectivity index (χ4n) is 4.64. The molecule has 198 valence electrons. The number of fused-ring (bicyclic) bond motifs is 1. The summed E-state index contributed by atoms with van der Waals surface area (Å²) in [5, 5.41) is 10.3. The highest BCUT2D eigenvalue weighted by Crippen LogP contribution is 2.35. The van der Waals surface area contributed by atoms with Crippen molar-refractivity contribution in [2.45, 2.75) is 12.7 Å². The molecule has 1 saturated heterocycles. The molecular formula is C27H28F3N7O. The van der Waals surface area contributed by atoms with Crippen LogP contribution in [-0.2, 0) is 19.8 Å². The Morgan fingerprint density at radius 3 is 2.47 bits per heavy atom. The lowest BCUT2D eigenvalue weighted by Crippen LogP contribution is -2.44. The van der Waals surface area contributed by atoms with Crippen LogP contribution in [0.3, 0.4) is 0 Å². The van der Waals surface area contributed by atoms with Gasteiger partial charge in [0, 0.05) is 68.8 Å². The summed E-state index contributed by atoms with van der Waals surface area (Å²) in [6.45, 7) is 3.24. The summed E-state index contributed by atoms with van der Waals surface area (Å²) < 4.78 is 43.3. The zero-order chi connectivity index (χ0) is 26.9. The Bertz CT molecular complexity index is 1440. The standard InChI is InChI=1S/C27H28F3N7O/c1-35-10-12-37(13-11-35)17-20-5-7-21(15-23(20)27(28,29)30)32-26(38)33-25-22-8-6-18(14-24(22)36(2)34-25)19-4-3-9-31-16-19/h3-9,14-16H,10-13,17H2,1-2H3,(H2,32,33,34,38). The summed E-state index contributed by atoms with van der Waals surface area (Å²) in [6.07, 6.45) is -1.08. The van der Waals surface area contributed by atoms with E-state index in [0.29, 0.717) is 24.3 Å². The monoisotopic (exact) mass is 523 g/mol. The lowest BCUT2D eigenvalue weighted by molar-refractivity contribution is -0.138. The summed E-state index contributed by atoms with van der Waals surface area (Å²) in [4.78, 5) is 21.0. The van der Waals surface area contributed by atoms with E-state index < -0.39 is 17.8 Å². The second-order valence-electron chi connectivity index (χ2n) is 9.47. The largest absolute Gasteiger partial charge is 0.416 e. The molecule has 1 aliphatic rings. The van der Waals surface area contributed by atoms with Crippen LogP contribution in [0.25, 0.3) is 22.0 Å². The summed E-state index contributed by atoms with van der Waals surface area (Å²) in [5.74, 6) is 0.306. The maximum Gasteiger partial charge on any atom is 0.416 e. The number of hydrogen-bond acceptors (Lipinski definition) is 5. The van der Waals surface area contributed by atoms with Crippen LogP contribution in [0.5, 0.6) is 0 Å². The topological polar surface area (TPSA) is 78.3 Å². The number of nitrogens with zero attached hydrogens (tertiary/aromatic N) is 5. The quantitative estimate of drug-likeness (QED) is 0.383. The second kappa shape index (κ2) is 10.4. The van der Waals surface area contributed by atoms with Crippen LogP contribution in [-0.4, -0.2) is 63.8 Å². The van der Waals surface area contributed by atoms with E-state index in [0.717, 1.165) is 35.8 Å². The first-order valence-corrected chi connectivity index (χ1v) is 12.2. The zero-order valence-corrected chi connectivity index (χ0v) is 21.1. The average molecular weight is 524 g/mol. The molecule has 38 heavy (non-hydrogen) atoms. The van der Waals surface area contributed by atoms with Crippen molar-refractivity contribution in [3.8, 4) is 11.1 Å². The van der Waals surface area contributed by atoms with Crippen LogP contribution in [0.4, 0.5) is 29.5 Å². The van der Waals surface area contributed by atoms with E-state index in [1.54, 1.807) is 24.1 Å². The minimum Gasteiger partial charge on any atom is -0.308 e. The Kier molecular flexibility index (Phi) is 7.04. The molecule has 2 aromatic carbocycles. The maximum absolute atomic E-state index is 13.9. The molecule has 8 nitrogen and oxygen atoms in total. The molecule has 1 fully saturated rings. The average Bonchev–Trinajstić information content (AvgIpc) is 3.20. The van der Waals surface area contributed by atoms with Crippen LogP contribution >= 0.6 is 0 Å². The first-order chi connectivity index (χ1) is 18.2. The number of piperazine rings is 1. The molecule has 0 aliphatic carbocycles. The Morgan fingerprint density at radius 2 is 1.76 bits per heavy atom. The van der Waals surface area contributed by atoms with E-state index in [4.69, 9.17) is 0 Å². The van der Waals surface area contributed by atoms with Crippen molar-refractivity contribution in [1.82, 2.24) is 24.6 Å². The minimum absolute atomic E-state index is 0.0519. The molecular weight excluding hydrogens is 495 g/mol. The smallest absolute Gasteiger partial charge is 0.308 e. The van der Waals surface area contributed by atoms with Crippen LogP contribution in [0.2, 0.25) is 0 Å². The first kappa shape index (κ1) is 25.7. The van der Waals surface area contributed by atoms with Crippen LogP contribution in [0.1, 0.15) is 11.1 Å². The molecule has 5 rings (SSSR count). The van der Waals surface area contributed by atoms with Crippen molar-refractivity contribution in [1.29, 1.82) is 0 Å². The van der Waals surface area contributed by atoms with Gasteiger partial charge in [-0.1, -0.05) is 18.2 Å². The van der Waals surface area contributed by atoms with E-state index in [1.807, 2.05) is 42.3 Å². The molecule has 4 aromatic rings. The van der Waals surface area contributed by atoms with Gasteiger partial charge in [-0.25, -0.2) is 4.79 Å². The zero-order valence-electron chi connectivity index (χ0n) is 21.1. The number of rotatable bonds is 5. The van der Waals surface area contributed by atoms with Gasteiger partial charge in [0.05, 0.1) is 11.1 Å². The predicted molar refractivity (Wildman–Crippen MR) is 141 cm³/mol. The van der Waals surface area contributed by atoms with Gasteiger partial charge in [-0.05, 0) is 48.5 Å². The number of anilines is 2. The molecule has 0 bridgehead atoms. The SMILES string of the molecule is CN1CCN(Cc2ccc(NC(=O)Nc3nn(C)c4cc(-c5cccnc5)ccc34)cc2C(F)(F)F)CC1. The van der Waals surface area contributed by atoms with Crippen molar-refractivity contribution in [3.63, 3.8) is 0 Å². The minimum atomic E-state index is -4.54. The van der Waals surface area contributed by atoms with Gasteiger partial charge in [-0.2, -0.15) is 18.3 Å². The lowest BCUT2D eigenvalue weighted by atomic mass is 10.0. The summed E-state index contributed by atoms with van der Waals surface area (Å²) in [6, 6.07) is 12.7. The molecule has 2 amide bonds. The molecule has 3 heterocycles. The van der Waals surface area contributed by atoms with Gasteiger partial charge in [0.25, 0.3) is 0 Å². The number of hydrogen-bond donors (Lipinski definition) is 2. The van der Waals surface area contributed by atoms with Crippen molar-refractivity contribution < 1.29 is 18.0 Å². The van der Waals surface area contributed by atoms with Crippen molar-refractivity contribution in [2.24, 2.45) is 7.05 Å². The number of nitrogens with one attached hydrogen (secondary N) is 2. The van der Waals surface area contributed by atoms with E-state index in [2.05, 4.69) is 25.6 Å². The predicted octanol–water partition coefficient (Wildman–Crippen LogP) is 5.05. The van der Waals surface area contributed by atoms with Gasteiger partial charge in [-0.3, -0.25) is 19.9 Å². The normalized spacial score (nSPS) is 15.1. The fraction of sp³-hybridized carbons (Fsp3) is 0.296. The summed E-state index contributed by atoms with van der Waals surface area (Å²) in [5.41, 5.74) is 2.17. The molecule has 1 aliphatic heterocycles. The number of pyridine rings is 1. The molecule has 2 aromatic heterocycles. The Balaban J connectivity index is 1.32. The van der Waals surface area contributed by atoms with Crippen molar-refractivity contribution in [2.75, 3.05) is 43.9 Å². The molecule has 0 spiro atoms. The summed E-state index contributed by atoms with van der Waals surface area (Å²) >= 11 is 0. The highest BCUT2D eigenvalue weighted by molar-refractivity contribution is 6.05. The molecule has 0 unspecified atom stereocenters. The van der Waals surface area contributed by atoms with Crippen molar-refractivity contribution >= 4 is 28.4 Å². The number of likely N-dealkylation sites (N-methyl/N-ethyl adjacent to an activating group) is 1. The van der Waals surface area contributed by atoms with Gasteiger partial charge in [0.15, 0.2) is 5.82 Å². The third-order valence-corrected chi connectivity index (χ3v) is 6.74. The van der Waals surface area contributed by atoms with Gasteiger partial charge < -0.3 is 10.2 Å². The number of aromatic nitrogens is 3. The maximum atomic E-state index is 13.9. The number of carbonyl (C=O) groups is 1. The lowest BCUT2D eigenvalue weighted by Gasteiger charge is -2.33. The number of aryl methyl sites for hydroxylation is 1. The van der Waals surface area contributed by atoms with Gasteiger partial charge in [0.2, 0.25) is 0 Å². The third kappa shape index (κ3) is 5.63. The number of benzene rings is 2. The summed E-state index contributed by atoms with van der Waals surface area (Å²) in [7, 11) is 3.75. The molecule has 11 heteroatoms. The van der Waals surface area contributed by atoms with Crippen LogP contribution in [0, 0.1) is 0 Å². The highest BCUT2D eigenvalue weighted by Gasteiger charge is 2.34. The number of halogens is 3. The second-order valence-corrected chi connectivity index (χ2v) is 9.47. The Labute approximate surface area is 218 Å². The van der Waals surface area contributed by atoms with Crippen LogP contribution in [0.15, 0.2) is 60.9 Å². The third-order valence-electron chi connectivity index (χ3n) is 6.74. The van der Waals surface area contributed by atoms with Crippen molar-refractivity contribution in [3.05, 3.63) is 72.1 Å². The molecule has 0 saturated carbocycles. The van der Waals surface area contributed by atoms with E-state index in [-0.39, 0.29) is 17.8 Å². The molecule has 2 N–H and O–H groups in total. The number of alkyl halides is 3. The van der Waals surface area contributed by atoms with E-state index in [9.17, 15) is 18.0 Å². The first-order valence-electron chi connectivity index (χ1n) is 12.2. The van der Waals surface area contributed by atoms with E-state index >= 15 is 0 Å². The number of amides is 2. The van der Waals surface area contributed by atoms with Gasteiger partial charge in [-0.15, -0.1) is 0 Å². The number of carbonyl (C=O) groups excluding carboxylic acids is 1. The molecule has 0 atom stereocenters. The molecule has 0 radical (unpaired) electrons. The Morgan fingerprint density at radius 1 is 0.974 bits per heavy atom. The Hall–Kier alpha value is -3.96. The van der Waals surface area contributed by atoms with Gasteiger partial charge >= 0.3 is 12.2 Å². The highest BCUT2D eigenvalue weighted by atomic mass is 19.4. The van der Waals surface area contributed by atoms with Crippen LogP contribution < -0.4 is 10.6 Å². The fourth-order valence-corrected chi connectivity index (χ4v) is 4.64. The van der Waals surface area contributed by atoms with E-state index in [1.165, 1.54) is 12.1 Å². The van der Waals surface area contributed by atoms with Gasteiger partial charge in [0.1, 0.15) is 0 Å².